The van der Waals surface area contributed by atoms with E-state index in [4.69, 9.17) is 0 Å². The van der Waals surface area contributed by atoms with Crippen molar-refractivity contribution in [3.63, 3.8) is 0 Å². The molecule has 268 valence electrons. The van der Waals surface area contributed by atoms with Crippen LogP contribution in [0.3, 0.4) is 0 Å². The fourth-order valence-corrected chi connectivity index (χ4v) is 7.96. The van der Waals surface area contributed by atoms with E-state index in [-0.39, 0.29) is 0 Å². The zero-order valence-corrected chi connectivity index (χ0v) is 32.2. The molecule has 0 aliphatic heterocycles. The molecule has 0 aliphatic rings. The molecule has 0 saturated heterocycles. The van der Waals surface area contributed by atoms with Gasteiger partial charge in [0.15, 0.2) is 0 Å². The lowest BCUT2D eigenvalue weighted by Gasteiger charge is -2.13. The van der Waals surface area contributed by atoms with Crippen LogP contribution >= 0.6 is 0 Å². The Morgan fingerprint density at radius 2 is 1.28 bits per heavy atom. The average Bonchev–Trinajstić information content (AvgIpc) is 3.85. The van der Waals surface area contributed by atoms with Crippen molar-refractivity contribution in [2.24, 2.45) is 0 Å². The molecular weight excluding hydrogens is 655 g/mol. The molecule has 0 saturated carbocycles. The van der Waals surface area contributed by atoms with E-state index in [1.165, 1.54) is 77.0 Å². The Bertz CT molecular complexity index is 2790. The van der Waals surface area contributed by atoms with Gasteiger partial charge >= 0.3 is 0 Å². The van der Waals surface area contributed by atoms with Crippen LogP contribution in [0.15, 0.2) is 165 Å². The second kappa shape index (κ2) is 15.7. The van der Waals surface area contributed by atoms with E-state index in [1.807, 2.05) is 31.2 Å². The number of hydrogen-bond acceptors (Lipinski definition) is 0. The molecule has 54 heavy (non-hydrogen) atoms. The molecule has 7 rings (SSSR count). The highest BCUT2D eigenvalue weighted by Gasteiger charge is 2.19. The predicted molar refractivity (Wildman–Crippen MR) is 240 cm³/mol. The Balaban J connectivity index is 1.39. The Morgan fingerprint density at radius 1 is 0.593 bits per heavy atom. The van der Waals surface area contributed by atoms with Gasteiger partial charge in [-0.1, -0.05) is 112 Å². The summed E-state index contributed by atoms with van der Waals surface area (Å²) in [4.78, 5) is 0. The van der Waals surface area contributed by atoms with Crippen molar-refractivity contribution >= 4 is 83.3 Å². The van der Waals surface area contributed by atoms with Crippen LogP contribution in [0.1, 0.15) is 58.7 Å². The summed E-state index contributed by atoms with van der Waals surface area (Å²) in [6.07, 6.45) is 27.0. The van der Waals surface area contributed by atoms with Crippen molar-refractivity contribution in [1.82, 2.24) is 13.7 Å². The summed E-state index contributed by atoms with van der Waals surface area (Å²) in [5.41, 5.74) is 13.2. The summed E-state index contributed by atoms with van der Waals surface area (Å²) in [6.45, 7) is 18.8. The van der Waals surface area contributed by atoms with Gasteiger partial charge in [0.1, 0.15) is 0 Å². The Hall–Kier alpha value is -6.32. The number of benzene rings is 4. The Kier molecular flexibility index (Phi) is 10.5. The van der Waals surface area contributed by atoms with Crippen LogP contribution in [0.2, 0.25) is 0 Å². The lowest BCUT2D eigenvalue weighted by atomic mass is 10.00. The van der Waals surface area contributed by atoms with Crippen molar-refractivity contribution < 1.29 is 0 Å². The number of nitrogens with zero attached hydrogens (tertiary/aromatic N) is 3. The monoisotopic (exact) mass is 703 g/mol. The summed E-state index contributed by atoms with van der Waals surface area (Å²) < 4.78 is 7.14. The minimum Gasteiger partial charge on any atom is -0.314 e. The molecular formula is C51H49N3. The van der Waals surface area contributed by atoms with Crippen molar-refractivity contribution in [2.45, 2.75) is 47.5 Å². The third-order valence-corrected chi connectivity index (χ3v) is 10.4. The first-order valence-electron chi connectivity index (χ1n) is 19.1. The molecule has 0 atom stereocenters. The molecule has 0 radical (unpaired) electrons. The van der Waals surface area contributed by atoms with Gasteiger partial charge in [-0.3, -0.25) is 0 Å². The Morgan fingerprint density at radius 3 is 1.98 bits per heavy atom. The zero-order valence-electron chi connectivity index (χ0n) is 32.2. The van der Waals surface area contributed by atoms with Crippen molar-refractivity contribution in [1.29, 1.82) is 0 Å². The van der Waals surface area contributed by atoms with Gasteiger partial charge in [-0.15, -0.1) is 0 Å². The van der Waals surface area contributed by atoms with Crippen LogP contribution < -0.4 is 0 Å². The molecule has 3 heteroatoms. The zero-order chi connectivity index (χ0) is 37.8. The minimum absolute atomic E-state index is 0.883. The fraction of sp³-hybridized carbons (Fsp3) is 0.137. The molecule has 0 N–H and O–H groups in total. The van der Waals surface area contributed by atoms with Gasteiger partial charge in [0.25, 0.3) is 0 Å². The van der Waals surface area contributed by atoms with E-state index >= 15 is 0 Å². The molecule has 3 heterocycles. The molecule has 0 bridgehead atoms. The van der Waals surface area contributed by atoms with E-state index in [1.54, 1.807) is 0 Å². The largest absolute Gasteiger partial charge is 0.314 e. The van der Waals surface area contributed by atoms with E-state index in [9.17, 15) is 0 Å². The minimum atomic E-state index is 0.883. The van der Waals surface area contributed by atoms with Crippen LogP contribution in [-0.4, -0.2) is 13.7 Å². The highest BCUT2D eigenvalue weighted by molar-refractivity contribution is 6.22. The van der Waals surface area contributed by atoms with Crippen molar-refractivity contribution in [2.75, 3.05) is 0 Å². The summed E-state index contributed by atoms with van der Waals surface area (Å²) in [7, 11) is 0. The van der Waals surface area contributed by atoms with Gasteiger partial charge in [-0.2, -0.15) is 0 Å². The highest BCUT2D eigenvalue weighted by Crippen LogP contribution is 2.40. The molecule has 0 unspecified atom stereocenters. The van der Waals surface area contributed by atoms with Crippen LogP contribution in [0.5, 0.6) is 0 Å². The summed E-state index contributed by atoms with van der Waals surface area (Å²) >= 11 is 0. The summed E-state index contributed by atoms with van der Waals surface area (Å²) in [6, 6.07) is 31.3. The number of allylic oxidation sites excluding steroid dienone is 15. The van der Waals surface area contributed by atoms with Crippen LogP contribution in [0.25, 0.3) is 83.3 Å². The number of aromatic nitrogens is 3. The maximum absolute atomic E-state index is 4.14. The first-order valence-corrected chi connectivity index (χ1v) is 19.1. The smallest absolute Gasteiger partial charge is 0.0545 e. The van der Waals surface area contributed by atoms with Crippen LogP contribution in [0.4, 0.5) is 0 Å². The standard InChI is InChI=1S/C51H49N3/c1-8-14-16-22-36(7)52-47-27-20-18-25-43(47)51-45-35-41(21-10-3)53(49(45)32-33-50(51)52)40(13-6)30-28-37(11-4)38-29-31-48-44(34-38)42-24-17-19-26-46(42)54(48)39(12-5)23-15-9-2/h8-10,12,14-35H,1,5,11,13H2,2-4,6-7H3/b15-9-,16-14-,21-10-,36-22+,37-28+,39-23+,40-30+. The lowest BCUT2D eigenvalue weighted by molar-refractivity contribution is 1.04. The topological polar surface area (TPSA) is 14.8 Å². The molecule has 3 aromatic heterocycles. The first kappa shape index (κ1) is 36.1. The fourth-order valence-electron chi connectivity index (χ4n) is 7.96. The van der Waals surface area contributed by atoms with Crippen molar-refractivity contribution in [3.8, 4) is 0 Å². The van der Waals surface area contributed by atoms with E-state index in [2.05, 4.69) is 188 Å². The predicted octanol–water partition coefficient (Wildman–Crippen LogP) is 14.8. The van der Waals surface area contributed by atoms with Gasteiger partial charge in [0.05, 0.1) is 27.6 Å². The van der Waals surface area contributed by atoms with E-state index in [0.29, 0.717) is 0 Å². The first-order chi connectivity index (χ1) is 26.5. The molecule has 0 spiro atoms. The van der Waals surface area contributed by atoms with E-state index in [0.717, 1.165) is 24.2 Å². The third kappa shape index (κ3) is 6.26. The molecule has 0 amide bonds. The maximum atomic E-state index is 4.14. The van der Waals surface area contributed by atoms with Gasteiger partial charge in [0, 0.05) is 49.7 Å². The molecule has 7 aromatic rings. The van der Waals surface area contributed by atoms with Gasteiger partial charge in [-0.25, -0.2) is 0 Å². The molecule has 3 nitrogen and oxygen atoms in total. The maximum Gasteiger partial charge on any atom is 0.0545 e. The van der Waals surface area contributed by atoms with Crippen molar-refractivity contribution in [3.05, 3.63) is 176 Å². The quantitative estimate of drug-likeness (QED) is 0.113. The third-order valence-electron chi connectivity index (χ3n) is 10.4. The average molecular weight is 704 g/mol. The Labute approximate surface area is 319 Å². The second-order valence-electron chi connectivity index (χ2n) is 13.5. The SMILES string of the molecule is C=C/C=C\C=C(/C)n1c2ccccc2c2c3cc(/C=C\C)n(/C(=C/C=C(\CC)c4ccc5c(c4)c4ccccc4n5/C(C=C)=C/C=C\C)CC)c3ccc21. The second-order valence-corrected chi connectivity index (χ2v) is 13.5. The number of rotatable bonds is 12. The van der Waals surface area contributed by atoms with Crippen LogP contribution in [0, 0.1) is 0 Å². The molecule has 0 fully saturated rings. The highest BCUT2D eigenvalue weighted by atomic mass is 15.0. The lowest BCUT2D eigenvalue weighted by Crippen LogP contribution is -1.99. The summed E-state index contributed by atoms with van der Waals surface area (Å²) in [5, 5.41) is 6.28. The number of hydrogen-bond donors (Lipinski definition) is 0. The van der Waals surface area contributed by atoms with E-state index < -0.39 is 0 Å². The number of fused-ring (bicyclic) bond motifs is 8. The van der Waals surface area contributed by atoms with Gasteiger partial charge < -0.3 is 13.7 Å². The molecule has 4 aromatic carbocycles. The number of para-hydroxylation sites is 2. The summed E-state index contributed by atoms with van der Waals surface area (Å²) in [5.74, 6) is 0. The normalized spacial score (nSPS) is 13.8. The van der Waals surface area contributed by atoms with Crippen LogP contribution in [-0.2, 0) is 0 Å². The van der Waals surface area contributed by atoms with Gasteiger partial charge in [0.2, 0.25) is 0 Å². The molecule has 0 aliphatic carbocycles. The van der Waals surface area contributed by atoms with Gasteiger partial charge in [-0.05, 0) is 118 Å².